The molecule has 106 valence electrons. The standard InChI is InChI=1S/C17H22N2O/c1-2-10-20-12-8-9-16-14(11-12)17(18)13-6-4-3-5-7-15(13)19-16/h8-9,11H,2-7,10H2,1H3,(H2,18,19). The number of rotatable bonds is 3. The molecule has 0 saturated heterocycles. The summed E-state index contributed by atoms with van der Waals surface area (Å²) in [7, 11) is 0. The molecule has 1 aromatic carbocycles. The second-order valence-corrected chi connectivity index (χ2v) is 5.54. The predicted molar refractivity (Wildman–Crippen MR) is 83.2 cm³/mol. The van der Waals surface area contributed by atoms with E-state index < -0.39 is 0 Å². The Kier molecular flexibility index (Phi) is 3.77. The molecule has 1 aromatic heterocycles. The van der Waals surface area contributed by atoms with Gasteiger partial charge in [-0.05, 0) is 55.9 Å². The number of nitrogen functional groups attached to an aromatic ring is 1. The maximum atomic E-state index is 6.41. The minimum absolute atomic E-state index is 0.740. The first-order chi connectivity index (χ1) is 9.79. The fourth-order valence-electron chi connectivity index (χ4n) is 2.93. The topological polar surface area (TPSA) is 48.1 Å². The van der Waals surface area contributed by atoms with Gasteiger partial charge in [-0.2, -0.15) is 0 Å². The lowest BCUT2D eigenvalue weighted by Gasteiger charge is -2.13. The molecule has 1 heterocycles. The lowest BCUT2D eigenvalue weighted by atomic mass is 10.0. The Morgan fingerprint density at radius 2 is 2.05 bits per heavy atom. The van der Waals surface area contributed by atoms with Crippen molar-refractivity contribution in [2.45, 2.75) is 45.4 Å². The zero-order valence-electron chi connectivity index (χ0n) is 12.1. The molecule has 2 aromatic rings. The molecule has 3 heteroatoms. The second kappa shape index (κ2) is 5.70. The zero-order valence-corrected chi connectivity index (χ0v) is 12.1. The van der Waals surface area contributed by atoms with Crippen LogP contribution in [0.15, 0.2) is 18.2 Å². The van der Waals surface area contributed by atoms with Crippen molar-refractivity contribution in [3.63, 3.8) is 0 Å². The van der Waals surface area contributed by atoms with E-state index in [0.717, 1.165) is 48.2 Å². The van der Waals surface area contributed by atoms with Crippen molar-refractivity contribution < 1.29 is 4.74 Å². The number of fused-ring (bicyclic) bond motifs is 2. The van der Waals surface area contributed by atoms with Gasteiger partial charge < -0.3 is 10.5 Å². The van der Waals surface area contributed by atoms with Gasteiger partial charge in [0.15, 0.2) is 0 Å². The minimum atomic E-state index is 0.740. The number of hydrogen-bond donors (Lipinski definition) is 1. The lowest BCUT2D eigenvalue weighted by Crippen LogP contribution is -2.03. The number of aryl methyl sites for hydroxylation is 1. The number of nitrogens with two attached hydrogens (primary N) is 1. The van der Waals surface area contributed by atoms with Gasteiger partial charge in [0.25, 0.3) is 0 Å². The van der Waals surface area contributed by atoms with Crippen molar-refractivity contribution in [1.82, 2.24) is 4.98 Å². The third-order valence-corrected chi connectivity index (χ3v) is 4.00. The fourth-order valence-corrected chi connectivity index (χ4v) is 2.93. The maximum absolute atomic E-state index is 6.41. The summed E-state index contributed by atoms with van der Waals surface area (Å²) in [5, 5.41) is 1.04. The van der Waals surface area contributed by atoms with E-state index in [0.29, 0.717) is 0 Å². The summed E-state index contributed by atoms with van der Waals surface area (Å²) < 4.78 is 5.70. The molecular weight excluding hydrogens is 248 g/mol. The summed E-state index contributed by atoms with van der Waals surface area (Å²) >= 11 is 0. The summed E-state index contributed by atoms with van der Waals surface area (Å²) in [5.74, 6) is 0.890. The molecule has 2 N–H and O–H groups in total. The highest BCUT2D eigenvalue weighted by molar-refractivity contribution is 5.93. The van der Waals surface area contributed by atoms with Gasteiger partial charge >= 0.3 is 0 Å². The predicted octanol–water partition coefficient (Wildman–Crippen LogP) is 3.87. The Balaban J connectivity index is 2.08. The van der Waals surface area contributed by atoms with E-state index in [4.69, 9.17) is 15.5 Å². The lowest BCUT2D eigenvalue weighted by molar-refractivity contribution is 0.318. The smallest absolute Gasteiger partial charge is 0.120 e. The van der Waals surface area contributed by atoms with Gasteiger partial charge in [-0.25, -0.2) is 0 Å². The number of nitrogens with zero attached hydrogens (tertiary/aromatic N) is 1. The van der Waals surface area contributed by atoms with Gasteiger partial charge in [0.1, 0.15) is 5.75 Å². The fraction of sp³-hybridized carbons (Fsp3) is 0.471. The van der Waals surface area contributed by atoms with Gasteiger partial charge in [0, 0.05) is 16.8 Å². The number of ether oxygens (including phenoxy) is 1. The van der Waals surface area contributed by atoms with Crippen LogP contribution in [-0.4, -0.2) is 11.6 Å². The number of anilines is 1. The largest absolute Gasteiger partial charge is 0.494 e. The Bertz CT molecular complexity index is 622. The normalized spacial score (nSPS) is 14.8. The molecule has 0 atom stereocenters. The molecule has 3 rings (SSSR count). The van der Waals surface area contributed by atoms with Gasteiger partial charge in [-0.3, -0.25) is 4.98 Å². The molecule has 0 fully saturated rings. The number of pyridine rings is 1. The molecule has 0 amide bonds. The Morgan fingerprint density at radius 3 is 2.90 bits per heavy atom. The molecule has 0 bridgehead atoms. The molecule has 3 nitrogen and oxygen atoms in total. The summed E-state index contributed by atoms with van der Waals surface area (Å²) in [5.41, 5.74) is 10.8. The average Bonchev–Trinajstić information content (AvgIpc) is 2.71. The minimum Gasteiger partial charge on any atom is -0.494 e. The van der Waals surface area contributed by atoms with E-state index in [-0.39, 0.29) is 0 Å². The third-order valence-electron chi connectivity index (χ3n) is 4.00. The van der Waals surface area contributed by atoms with E-state index in [1.807, 2.05) is 18.2 Å². The van der Waals surface area contributed by atoms with Crippen LogP contribution in [-0.2, 0) is 12.8 Å². The average molecular weight is 270 g/mol. The van der Waals surface area contributed by atoms with Crippen molar-refractivity contribution in [1.29, 1.82) is 0 Å². The quantitative estimate of drug-likeness (QED) is 0.861. The van der Waals surface area contributed by atoms with Crippen LogP contribution >= 0.6 is 0 Å². The van der Waals surface area contributed by atoms with Crippen LogP contribution in [0.5, 0.6) is 5.75 Å². The van der Waals surface area contributed by atoms with E-state index in [1.54, 1.807) is 0 Å². The molecule has 0 radical (unpaired) electrons. The highest BCUT2D eigenvalue weighted by atomic mass is 16.5. The Morgan fingerprint density at radius 1 is 1.20 bits per heavy atom. The van der Waals surface area contributed by atoms with Crippen LogP contribution in [0.1, 0.15) is 43.9 Å². The van der Waals surface area contributed by atoms with E-state index >= 15 is 0 Å². The van der Waals surface area contributed by atoms with Crippen molar-refractivity contribution in [2.24, 2.45) is 0 Å². The molecule has 0 unspecified atom stereocenters. The molecule has 1 aliphatic rings. The van der Waals surface area contributed by atoms with Crippen LogP contribution in [0.3, 0.4) is 0 Å². The molecular formula is C17H22N2O. The van der Waals surface area contributed by atoms with Crippen LogP contribution in [0, 0.1) is 0 Å². The first kappa shape index (κ1) is 13.2. The van der Waals surface area contributed by atoms with Crippen LogP contribution < -0.4 is 10.5 Å². The number of hydrogen-bond acceptors (Lipinski definition) is 3. The third kappa shape index (κ3) is 2.45. The molecule has 1 aliphatic carbocycles. The van der Waals surface area contributed by atoms with Crippen molar-refractivity contribution >= 4 is 16.6 Å². The summed E-state index contributed by atoms with van der Waals surface area (Å²) in [4.78, 5) is 4.82. The SMILES string of the molecule is CCCOc1ccc2nc3c(c(N)c2c1)CCCCC3. The second-order valence-electron chi connectivity index (χ2n) is 5.54. The highest BCUT2D eigenvalue weighted by Crippen LogP contribution is 2.32. The van der Waals surface area contributed by atoms with Crippen LogP contribution in [0.25, 0.3) is 10.9 Å². The van der Waals surface area contributed by atoms with Crippen molar-refractivity contribution in [3.05, 3.63) is 29.5 Å². The molecule has 20 heavy (non-hydrogen) atoms. The van der Waals surface area contributed by atoms with Gasteiger partial charge in [0.05, 0.1) is 12.1 Å². The maximum Gasteiger partial charge on any atom is 0.120 e. The molecule has 0 spiro atoms. The molecule has 0 saturated carbocycles. The highest BCUT2D eigenvalue weighted by Gasteiger charge is 2.15. The number of benzene rings is 1. The van der Waals surface area contributed by atoms with Gasteiger partial charge in [0.2, 0.25) is 0 Å². The van der Waals surface area contributed by atoms with Crippen LogP contribution in [0.2, 0.25) is 0 Å². The van der Waals surface area contributed by atoms with E-state index in [1.165, 1.54) is 30.5 Å². The van der Waals surface area contributed by atoms with Crippen LogP contribution in [0.4, 0.5) is 5.69 Å². The summed E-state index contributed by atoms with van der Waals surface area (Å²) in [6, 6.07) is 6.06. The Hall–Kier alpha value is -1.77. The van der Waals surface area contributed by atoms with Crippen molar-refractivity contribution in [2.75, 3.05) is 12.3 Å². The van der Waals surface area contributed by atoms with Gasteiger partial charge in [-0.15, -0.1) is 0 Å². The first-order valence-corrected chi connectivity index (χ1v) is 7.63. The van der Waals surface area contributed by atoms with Crippen molar-refractivity contribution in [3.8, 4) is 5.75 Å². The summed E-state index contributed by atoms with van der Waals surface area (Å²) in [6.07, 6.45) is 6.85. The molecule has 0 aliphatic heterocycles. The van der Waals surface area contributed by atoms with E-state index in [9.17, 15) is 0 Å². The summed E-state index contributed by atoms with van der Waals surface area (Å²) in [6.45, 7) is 2.85. The first-order valence-electron chi connectivity index (χ1n) is 7.63. The monoisotopic (exact) mass is 270 g/mol. The van der Waals surface area contributed by atoms with Gasteiger partial charge in [-0.1, -0.05) is 13.3 Å². The number of aromatic nitrogens is 1. The Labute approximate surface area is 120 Å². The zero-order chi connectivity index (χ0) is 13.9. The van der Waals surface area contributed by atoms with E-state index in [2.05, 4.69) is 6.92 Å².